The number of nitrogens with zero attached hydrogens (tertiary/aromatic N) is 3. The van der Waals surface area contributed by atoms with Crippen molar-refractivity contribution < 1.29 is 14.3 Å². The van der Waals surface area contributed by atoms with Crippen molar-refractivity contribution in [1.82, 2.24) is 9.97 Å². The molecule has 2 aromatic heterocycles. The molecular weight excluding hydrogens is 434 g/mol. The molecule has 0 saturated carbocycles. The van der Waals surface area contributed by atoms with Crippen LogP contribution in [0.3, 0.4) is 0 Å². The summed E-state index contributed by atoms with van der Waals surface area (Å²) in [4.78, 5) is 35.6. The van der Waals surface area contributed by atoms with Gasteiger partial charge in [0.25, 0.3) is 5.91 Å². The third-order valence-corrected chi connectivity index (χ3v) is 6.00. The first-order chi connectivity index (χ1) is 15.0. The molecule has 0 unspecified atom stereocenters. The Kier molecular flexibility index (Phi) is 5.97. The van der Waals surface area contributed by atoms with Crippen LogP contribution in [0, 0.1) is 6.92 Å². The van der Waals surface area contributed by atoms with Gasteiger partial charge in [0.05, 0.1) is 29.4 Å². The van der Waals surface area contributed by atoms with Crippen LogP contribution in [0.4, 0.5) is 5.13 Å². The van der Waals surface area contributed by atoms with Gasteiger partial charge < -0.3 is 4.74 Å². The van der Waals surface area contributed by atoms with E-state index in [0.717, 1.165) is 21.3 Å². The second-order valence-corrected chi connectivity index (χ2v) is 8.33. The summed E-state index contributed by atoms with van der Waals surface area (Å²) in [6.45, 7) is 2.27. The number of anilines is 1. The lowest BCUT2D eigenvalue weighted by molar-refractivity contribution is 0.0600. The van der Waals surface area contributed by atoms with E-state index >= 15 is 0 Å². The van der Waals surface area contributed by atoms with Crippen LogP contribution in [0.2, 0.25) is 5.02 Å². The average Bonchev–Trinajstić information content (AvgIpc) is 3.21. The number of thiazole rings is 1. The van der Waals surface area contributed by atoms with Crippen LogP contribution in [0.5, 0.6) is 0 Å². The normalized spacial score (nSPS) is 10.8. The van der Waals surface area contributed by atoms with Crippen molar-refractivity contribution in [3.05, 3.63) is 88.2 Å². The number of amides is 1. The largest absolute Gasteiger partial charge is 0.465 e. The molecule has 4 rings (SSSR count). The minimum Gasteiger partial charge on any atom is -0.465 e. The Morgan fingerprint density at radius 2 is 1.74 bits per heavy atom. The molecule has 6 nitrogen and oxygen atoms in total. The summed E-state index contributed by atoms with van der Waals surface area (Å²) < 4.78 is 5.64. The van der Waals surface area contributed by atoms with Gasteiger partial charge in [0.1, 0.15) is 0 Å². The summed E-state index contributed by atoms with van der Waals surface area (Å²) in [5.74, 6) is -0.679. The molecule has 0 bridgehead atoms. The molecule has 156 valence electrons. The summed E-state index contributed by atoms with van der Waals surface area (Å²) in [5.41, 5.74) is 3.51. The molecule has 31 heavy (non-hydrogen) atoms. The average molecular weight is 452 g/mol. The predicted molar refractivity (Wildman–Crippen MR) is 122 cm³/mol. The van der Waals surface area contributed by atoms with Crippen molar-refractivity contribution in [2.24, 2.45) is 0 Å². The highest BCUT2D eigenvalue weighted by atomic mass is 35.5. The molecule has 2 heterocycles. The summed E-state index contributed by atoms with van der Waals surface area (Å²) in [6.07, 6.45) is 3.37. The van der Waals surface area contributed by atoms with Crippen molar-refractivity contribution in [3.63, 3.8) is 0 Å². The highest BCUT2D eigenvalue weighted by molar-refractivity contribution is 7.22. The molecule has 0 spiro atoms. The molecule has 0 aliphatic rings. The van der Waals surface area contributed by atoms with Gasteiger partial charge in [0.2, 0.25) is 0 Å². The van der Waals surface area contributed by atoms with E-state index in [9.17, 15) is 9.59 Å². The van der Waals surface area contributed by atoms with Gasteiger partial charge in [-0.25, -0.2) is 9.78 Å². The van der Waals surface area contributed by atoms with Crippen molar-refractivity contribution in [3.8, 4) is 0 Å². The standard InChI is InChI=1S/C23H18ClN3O3S/c1-14-11-18(24)12-19-20(14)26-23(31-19)27(13-15-7-9-25-10-8-15)21(28)16-3-5-17(6-4-16)22(29)30-2/h3-12H,13H2,1-2H3. The summed E-state index contributed by atoms with van der Waals surface area (Å²) in [5, 5.41) is 1.20. The highest BCUT2D eigenvalue weighted by Gasteiger charge is 2.23. The molecular formula is C23H18ClN3O3S. The molecule has 0 aliphatic heterocycles. The molecule has 1 amide bonds. The number of carbonyl (C=O) groups is 2. The number of esters is 1. The van der Waals surface area contributed by atoms with Crippen LogP contribution in [0.25, 0.3) is 10.2 Å². The van der Waals surface area contributed by atoms with Gasteiger partial charge >= 0.3 is 5.97 Å². The Morgan fingerprint density at radius 3 is 2.42 bits per heavy atom. The number of halogens is 1. The van der Waals surface area contributed by atoms with Crippen molar-refractivity contribution in [2.45, 2.75) is 13.5 Å². The number of benzene rings is 2. The van der Waals surface area contributed by atoms with E-state index in [1.165, 1.54) is 18.4 Å². The Bertz CT molecular complexity index is 1260. The number of ether oxygens (including phenoxy) is 1. The van der Waals surface area contributed by atoms with E-state index in [1.54, 1.807) is 41.6 Å². The smallest absolute Gasteiger partial charge is 0.337 e. The van der Waals surface area contributed by atoms with Gasteiger partial charge in [0, 0.05) is 23.0 Å². The van der Waals surface area contributed by atoms with E-state index in [1.807, 2.05) is 31.2 Å². The SMILES string of the molecule is COC(=O)c1ccc(C(=O)N(Cc2ccncc2)c2nc3c(C)cc(Cl)cc3s2)cc1. The quantitative estimate of drug-likeness (QED) is 0.385. The molecule has 0 fully saturated rings. The second kappa shape index (κ2) is 8.83. The van der Waals surface area contributed by atoms with Gasteiger partial charge in [-0.2, -0.15) is 0 Å². The maximum atomic E-state index is 13.5. The number of hydrogen-bond acceptors (Lipinski definition) is 6. The molecule has 0 saturated heterocycles. The van der Waals surface area contributed by atoms with Crippen LogP contribution in [-0.2, 0) is 11.3 Å². The molecule has 4 aromatic rings. The Labute approximate surface area is 188 Å². The zero-order valence-electron chi connectivity index (χ0n) is 16.8. The fourth-order valence-corrected chi connectivity index (χ4v) is 4.60. The Morgan fingerprint density at radius 1 is 1.06 bits per heavy atom. The summed E-state index contributed by atoms with van der Waals surface area (Å²) in [7, 11) is 1.32. The lowest BCUT2D eigenvalue weighted by atomic mass is 10.1. The van der Waals surface area contributed by atoms with Crippen LogP contribution >= 0.6 is 22.9 Å². The van der Waals surface area contributed by atoms with Crippen molar-refractivity contribution in [1.29, 1.82) is 0 Å². The third kappa shape index (κ3) is 4.42. The number of aryl methyl sites for hydroxylation is 1. The number of carbonyl (C=O) groups excluding carboxylic acids is 2. The monoisotopic (exact) mass is 451 g/mol. The number of pyridine rings is 1. The Balaban J connectivity index is 1.75. The van der Waals surface area contributed by atoms with Gasteiger partial charge in [0.15, 0.2) is 5.13 Å². The zero-order valence-corrected chi connectivity index (χ0v) is 18.4. The maximum absolute atomic E-state index is 13.5. The number of fused-ring (bicyclic) bond motifs is 1. The first kappa shape index (κ1) is 21.0. The predicted octanol–water partition coefficient (Wildman–Crippen LogP) is 5.29. The van der Waals surface area contributed by atoms with Crippen molar-refractivity contribution in [2.75, 3.05) is 12.0 Å². The minimum atomic E-state index is -0.453. The second-order valence-electron chi connectivity index (χ2n) is 6.88. The lowest BCUT2D eigenvalue weighted by Gasteiger charge is -2.20. The van der Waals surface area contributed by atoms with Gasteiger partial charge in [-0.05, 0) is 66.6 Å². The molecule has 0 atom stereocenters. The topological polar surface area (TPSA) is 72.4 Å². The zero-order chi connectivity index (χ0) is 22.0. The number of methoxy groups -OCH3 is 1. The van der Waals surface area contributed by atoms with E-state index < -0.39 is 5.97 Å². The first-order valence-corrected chi connectivity index (χ1v) is 10.6. The van der Waals surface area contributed by atoms with E-state index in [0.29, 0.717) is 27.8 Å². The fourth-order valence-electron chi connectivity index (χ4n) is 3.18. The molecule has 2 aromatic carbocycles. The van der Waals surface area contributed by atoms with Gasteiger partial charge in [-0.3, -0.25) is 14.7 Å². The lowest BCUT2D eigenvalue weighted by Crippen LogP contribution is -2.30. The van der Waals surface area contributed by atoms with Gasteiger partial charge in [-0.1, -0.05) is 22.9 Å². The number of hydrogen-bond donors (Lipinski definition) is 0. The first-order valence-electron chi connectivity index (χ1n) is 9.42. The number of rotatable bonds is 5. The molecule has 0 radical (unpaired) electrons. The highest BCUT2D eigenvalue weighted by Crippen LogP contribution is 2.34. The van der Waals surface area contributed by atoms with E-state index in [-0.39, 0.29) is 5.91 Å². The number of aromatic nitrogens is 2. The third-order valence-electron chi connectivity index (χ3n) is 4.76. The van der Waals surface area contributed by atoms with Crippen molar-refractivity contribution >= 4 is 50.2 Å². The van der Waals surface area contributed by atoms with Crippen LogP contribution in [0.1, 0.15) is 31.8 Å². The van der Waals surface area contributed by atoms with Crippen LogP contribution in [0.15, 0.2) is 60.9 Å². The Hall–Kier alpha value is -3.29. The molecule has 0 aliphatic carbocycles. The van der Waals surface area contributed by atoms with E-state index in [2.05, 4.69) is 4.98 Å². The summed E-state index contributed by atoms with van der Waals surface area (Å²) in [6, 6.07) is 13.8. The summed E-state index contributed by atoms with van der Waals surface area (Å²) >= 11 is 7.61. The van der Waals surface area contributed by atoms with E-state index in [4.69, 9.17) is 21.3 Å². The molecule has 8 heteroatoms. The van der Waals surface area contributed by atoms with Crippen LogP contribution in [-0.4, -0.2) is 29.0 Å². The van der Waals surface area contributed by atoms with Gasteiger partial charge in [-0.15, -0.1) is 0 Å². The fraction of sp³-hybridized carbons (Fsp3) is 0.130. The van der Waals surface area contributed by atoms with Crippen LogP contribution < -0.4 is 4.90 Å². The maximum Gasteiger partial charge on any atom is 0.337 e. The minimum absolute atomic E-state index is 0.226. The molecule has 0 N–H and O–H groups in total.